The maximum atomic E-state index is 5.92. The van der Waals surface area contributed by atoms with Crippen LogP contribution in [0.15, 0.2) is 18.2 Å². The van der Waals surface area contributed by atoms with E-state index in [0.29, 0.717) is 5.82 Å². The van der Waals surface area contributed by atoms with Gasteiger partial charge in [-0.3, -0.25) is 0 Å². The van der Waals surface area contributed by atoms with Crippen LogP contribution in [-0.2, 0) is 6.42 Å². The molecule has 100 valence electrons. The normalized spacial score (nSPS) is 10.5. The molecule has 1 heterocycles. The highest BCUT2D eigenvalue weighted by atomic mass is 15.1. The van der Waals surface area contributed by atoms with Crippen molar-refractivity contribution >= 4 is 17.3 Å². The number of benzene rings is 1. The maximum absolute atomic E-state index is 5.92. The van der Waals surface area contributed by atoms with Crippen molar-refractivity contribution in [3.05, 3.63) is 40.7 Å². The van der Waals surface area contributed by atoms with Crippen molar-refractivity contribution in [3.63, 3.8) is 0 Å². The van der Waals surface area contributed by atoms with Crippen molar-refractivity contribution in [3.8, 4) is 0 Å². The molecule has 0 aliphatic rings. The van der Waals surface area contributed by atoms with Crippen LogP contribution in [0.1, 0.15) is 29.4 Å². The van der Waals surface area contributed by atoms with E-state index in [9.17, 15) is 0 Å². The second-order valence-electron chi connectivity index (χ2n) is 4.80. The van der Waals surface area contributed by atoms with Gasteiger partial charge in [0.25, 0.3) is 0 Å². The molecule has 0 unspecified atom stereocenters. The molecule has 19 heavy (non-hydrogen) atoms. The van der Waals surface area contributed by atoms with E-state index in [-0.39, 0.29) is 0 Å². The van der Waals surface area contributed by atoms with Crippen molar-refractivity contribution in [1.82, 2.24) is 9.97 Å². The largest absolute Gasteiger partial charge is 0.383 e. The van der Waals surface area contributed by atoms with Gasteiger partial charge < -0.3 is 11.1 Å². The smallest absolute Gasteiger partial charge is 0.139 e. The molecule has 0 amide bonds. The summed E-state index contributed by atoms with van der Waals surface area (Å²) in [5.74, 6) is 2.09. The van der Waals surface area contributed by atoms with Crippen molar-refractivity contribution in [1.29, 1.82) is 0 Å². The Morgan fingerprint density at radius 3 is 2.53 bits per heavy atom. The molecule has 0 bridgehead atoms. The molecule has 0 fully saturated rings. The molecule has 3 N–H and O–H groups in total. The number of nitrogens with two attached hydrogens (primary N) is 1. The summed E-state index contributed by atoms with van der Waals surface area (Å²) in [6, 6.07) is 6.28. The Kier molecular flexibility index (Phi) is 3.69. The minimum atomic E-state index is 0.541. The van der Waals surface area contributed by atoms with Gasteiger partial charge >= 0.3 is 0 Å². The van der Waals surface area contributed by atoms with Crippen LogP contribution >= 0.6 is 0 Å². The summed E-state index contributed by atoms with van der Waals surface area (Å²) in [5, 5.41) is 3.35. The summed E-state index contributed by atoms with van der Waals surface area (Å²) < 4.78 is 0. The van der Waals surface area contributed by atoms with Crippen LogP contribution < -0.4 is 11.1 Å². The third kappa shape index (κ3) is 2.84. The van der Waals surface area contributed by atoms with Crippen molar-refractivity contribution in [2.24, 2.45) is 0 Å². The van der Waals surface area contributed by atoms with Crippen LogP contribution in [0, 0.1) is 20.8 Å². The fourth-order valence-electron chi connectivity index (χ4n) is 1.94. The minimum absolute atomic E-state index is 0.541. The van der Waals surface area contributed by atoms with Gasteiger partial charge in [-0.1, -0.05) is 24.6 Å². The van der Waals surface area contributed by atoms with Crippen molar-refractivity contribution in [2.75, 3.05) is 11.1 Å². The average Bonchev–Trinajstić information content (AvgIpc) is 2.37. The molecule has 0 aliphatic heterocycles. The van der Waals surface area contributed by atoms with E-state index in [0.717, 1.165) is 29.3 Å². The van der Waals surface area contributed by atoms with Crippen molar-refractivity contribution in [2.45, 2.75) is 34.1 Å². The first-order valence-electron chi connectivity index (χ1n) is 6.48. The summed E-state index contributed by atoms with van der Waals surface area (Å²) in [4.78, 5) is 8.76. The number of hydrogen-bond donors (Lipinski definition) is 2. The van der Waals surface area contributed by atoms with Gasteiger partial charge in [0.1, 0.15) is 17.5 Å². The van der Waals surface area contributed by atoms with Crippen LogP contribution in [-0.4, -0.2) is 9.97 Å². The first-order chi connectivity index (χ1) is 9.01. The summed E-state index contributed by atoms with van der Waals surface area (Å²) in [6.45, 7) is 8.11. The summed E-state index contributed by atoms with van der Waals surface area (Å²) in [7, 11) is 0. The van der Waals surface area contributed by atoms with Gasteiger partial charge in [0.2, 0.25) is 0 Å². The molecule has 2 rings (SSSR count). The molecular weight excluding hydrogens is 236 g/mol. The molecule has 4 heteroatoms. The van der Waals surface area contributed by atoms with Gasteiger partial charge in [0, 0.05) is 17.7 Å². The molecule has 0 saturated carbocycles. The summed E-state index contributed by atoms with van der Waals surface area (Å²) >= 11 is 0. The Hall–Kier alpha value is -2.10. The Labute approximate surface area is 114 Å². The zero-order valence-corrected chi connectivity index (χ0v) is 11.9. The third-order valence-electron chi connectivity index (χ3n) is 3.18. The predicted octanol–water partition coefficient (Wildman–Crippen LogP) is 3.29. The number of aryl methyl sites for hydroxylation is 3. The van der Waals surface area contributed by atoms with E-state index in [1.165, 1.54) is 11.1 Å². The van der Waals surface area contributed by atoms with E-state index in [1.807, 2.05) is 13.8 Å². The van der Waals surface area contributed by atoms with E-state index < -0.39 is 0 Å². The fraction of sp³-hybridized carbons (Fsp3) is 0.333. The van der Waals surface area contributed by atoms with Crippen molar-refractivity contribution < 1.29 is 0 Å². The number of nitrogens with zero attached hydrogens (tertiary/aromatic N) is 2. The van der Waals surface area contributed by atoms with Gasteiger partial charge in [-0.25, -0.2) is 9.97 Å². The molecule has 4 nitrogen and oxygen atoms in total. The average molecular weight is 256 g/mol. The Morgan fingerprint density at radius 2 is 1.89 bits per heavy atom. The predicted molar refractivity (Wildman–Crippen MR) is 79.8 cm³/mol. The van der Waals surface area contributed by atoms with E-state index in [4.69, 9.17) is 5.73 Å². The summed E-state index contributed by atoms with van der Waals surface area (Å²) in [6.07, 6.45) is 0.770. The number of hydrogen-bond acceptors (Lipinski definition) is 4. The van der Waals surface area contributed by atoms with E-state index in [2.05, 4.69) is 47.3 Å². The topological polar surface area (TPSA) is 63.8 Å². The second-order valence-corrected chi connectivity index (χ2v) is 4.80. The quantitative estimate of drug-likeness (QED) is 0.884. The number of nitrogens with one attached hydrogen (secondary N) is 1. The van der Waals surface area contributed by atoms with Gasteiger partial charge in [0.15, 0.2) is 0 Å². The van der Waals surface area contributed by atoms with E-state index in [1.54, 1.807) is 0 Å². The van der Waals surface area contributed by atoms with Gasteiger partial charge in [-0.15, -0.1) is 0 Å². The zero-order chi connectivity index (χ0) is 14.0. The Balaban J connectivity index is 2.40. The van der Waals surface area contributed by atoms with Crippen LogP contribution in [0.4, 0.5) is 17.3 Å². The molecule has 0 aliphatic carbocycles. The summed E-state index contributed by atoms with van der Waals surface area (Å²) in [5.41, 5.74) is 10.3. The van der Waals surface area contributed by atoms with Crippen LogP contribution in [0.3, 0.4) is 0 Å². The standard InChI is InChI=1S/C15H20N4/c1-5-13-18-14(16)11(4)15(19-13)17-12-7-6-9(2)8-10(12)3/h6-8H,5H2,1-4H3,(H3,16,17,18,19). The van der Waals surface area contributed by atoms with Crippen LogP contribution in [0.2, 0.25) is 0 Å². The molecular formula is C15H20N4. The molecule has 1 aromatic heterocycles. The Morgan fingerprint density at radius 1 is 1.16 bits per heavy atom. The second kappa shape index (κ2) is 5.26. The molecule has 0 saturated heterocycles. The molecule has 0 spiro atoms. The fourth-order valence-corrected chi connectivity index (χ4v) is 1.94. The van der Waals surface area contributed by atoms with Gasteiger partial charge in [0.05, 0.1) is 0 Å². The van der Waals surface area contributed by atoms with Crippen LogP contribution in [0.25, 0.3) is 0 Å². The third-order valence-corrected chi connectivity index (χ3v) is 3.18. The minimum Gasteiger partial charge on any atom is -0.383 e. The van der Waals surface area contributed by atoms with Crippen LogP contribution in [0.5, 0.6) is 0 Å². The lowest BCUT2D eigenvalue weighted by Gasteiger charge is -2.13. The lowest BCUT2D eigenvalue weighted by atomic mass is 10.1. The first-order valence-corrected chi connectivity index (χ1v) is 6.48. The monoisotopic (exact) mass is 256 g/mol. The maximum Gasteiger partial charge on any atom is 0.139 e. The first kappa shape index (κ1) is 13.3. The number of nitrogen functional groups attached to an aromatic ring is 1. The zero-order valence-electron chi connectivity index (χ0n) is 11.9. The molecule has 0 atom stereocenters. The highest BCUT2D eigenvalue weighted by molar-refractivity contribution is 5.66. The number of aromatic nitrogens is 2. The van der Waals surface area contributed by atoms with E-state index >= 15 is 0 Å². The highest BCUT2D eigenvalue weighted by Crippen LogP contribution is 2.24. The highest BCUT2D eigenvalue weighted by Gasteiger charge is 2.09. The molecule has 2 aromatic rings. The molecule has 0 radical (unpaired) electrons. The molecule has 1 aromatic carbocycles. The lowest BCUT2D eigenvalue weighted by Crippen LogP contribution is -2.07. The number of rotatable bonds is 3. The van der Waals surface area contributed by atoms with Gasteiger partial charge in [-0.05, 0) is 32.4 Å². The van der Waals surface area contributed by atoms with Gasteiger partial charge in [-0.2, -0.15) is 0 Å². The Bertz CT molecular complexity index is 605. The number of anilines is 3. The lowest BCUT2D eigenvalue weighted by molar-refractivity contribution is 0.940. The SMILES string of the molecule is CCc1nc(N)c(C)c(Nc2ccc(C)cc2C)n1.